The third-order valence-electron chi connectivity index (χ3n) is 2.82. The average molecular weight is 191 g/mol. The Kier molecular flexibility index (Phi) is 2.23. The molecule has 0 unspecified atom stereocenters. The van der Waals surface area contributed by atoms with Crippen molar-refractivity contribution < 1.29 is 9.53 Å². The van der Waals surface area contributed by atoms with Crippen LogP contribution in [0.25, 0.3) is 0 Å². The lowest BCUT2D eigenvalue weighted by Gasteiger charge is -2.10. The van der Waals surface area contributed by atoms with E-state index in [1.807, 2.05) is 6.92 Å². The van der Waals surface area contributed by atoms with Crippen molar-refractivity contribution in [3.8, 4) is 5.75 Å². The Morgan fingerprint density at radius 2 is 2.14 bits per heavy atom. The molecule has 1 heterocycles. The van der Waals surface area contributed by atoms with Gasteiger partial charge in [0.1, 0.15) is 5.75 Å². The molecule has 2 rings (SSSR count). The van der Waals surface area contributed by atoms with E-state index in [0.717, 1.165) is 19.3 Å². The standard InChI is InChI=1S/C11H13NO2/c1-2-11(5-6-11)10(13)14-9-3-7-12-8-4-9/h3-4,7-8H,2,5-6H2,1H3. The molecule has 3 nitrogen and oxygen atoms in total. The van der Waals surface area contributed by atoms with Gasteiger partial charge in [-0.1, -0.05) is 6.92 Å². The highest BCUT2D eigenvalue weighted by molar-refractivity contribution is 5.81. The molecule has 14 heavy (non-hydrogen) atoms. The number of aromatic nitrogens is 1. The molecule has 0 bridgehead atoms. The van der Waals surface area contributed by atoms with Crippen LogP contribution in [0.2, 0.25) is 0 Å². The maximum Gasteiger partial charge on any atom is 0.317 e. The van der Waals surface area contributed by atoms with E-state index >= 15 is 0 Å². The van der Waals surface area contributed by atoms with E-state index in [0.29, 0.717) is 5.75 Å². The molecule has 0 aromatic carbocycles. The van der Waals surface area contributed by atoms with E-state index in [1.165, 1.54) is 0 Å². The summed E-state index contributed by atoms with van der Waals surface area (Å²) >= 11 is 0. The molecule has 1 aromatic heterocycles. The zero-order chi connectivity index (χ0) is 10.0. The van der Waals surface area contributed by atoms with Gasteiger partial charge in [0.25, 0.3) is 0 Å². The Morgan fingerprint density at radius 3 is 2.64 bits per heavy atom. The van der Waals surface area contributed by atoms with Crippen LogP contribution < -0.4 is 4.74 Å². The van der Waals surface area contributed by atoms with E-state index in [1.54, 1.807) is 24.5 Å². The van der Waals surface area contributed by atoms with Crippen LogP contribution in [0, 0.1) is 5.41 Å². The van der Waals surface area contributed by atoms with E-state index in [4.69, 9.17) is 4.74 Å². The average Bonchev–Trinajstić information content (AvgIpc) is 3.00. The summed E-state index contributed by atoms with van der Waals surface area (Å²) in [5.74, 6) is 0.496. The molecule has 74 valence electrons. The minimum absolute atomic E-state index is 0.0915. The van der Waals surface area contributed by atoms with Gasteiger partial charge in [-0.3, -0.25) is 9.78 Å². The van der Waals surface area contributed by atoms with Gasteiger partial charge >= 0.3 is 5.97 Å². The minimum atomic E-state index is -0.177. The fourth-order valence-corrected chi connectivity index (χ4v) is 1.47. The number of pyridine rings is 1. The lowest BCUT2D eigenvalue weighted by molar-refractivity contribution is -0.140. The molecule has 0 amide bonds. The van der Waals surface area contributed by atoms with Crippen LogP contribution in [0.1, 0.15) is 26.2 Å². The first kappa shape index (κ1) is 9.19. The topological polar surface area (TPSA) is 39.2 Å². The maximum atomic E-state index is 11.7. The van der Waals surface area contributed by atoms with Crippen LogP contribution in [0.5, 0.6) is 5.75 Å². The predicted octanol–water partition coefficient (Wildman–Crippen LogP) is 2.18. The van der Waals surface area contributed by atoms with E-state index < -0.39 is 0 Å². The Balaban J connectivity index is 2.02. The molecule has 0 aliphatic heterocycles. The SMILES string of the molecule is CCC1(C(=O)Oc2ccncc2)CC1. The van der Waals surface area contributed by atoms with Crippen LogP contribution in [0.3, 0.4) is 0 Å². The summed E-state index contributed by atoms with van der Waals surface area (Å²) in [4.78, 5) is 15.5. The number of hydrogen-bond acceptors (Lipinski definition) is 3. The highest BCUT2D eigenvalue weighted by atomic mass is 16.5. The molecule has 0 spiro atoms. The minimum Gasteiger partial charge on any atom is -0.426 e. The number of esters is 1. The second kappa shape index (κ2) is 3.40. The summed E-state index contributed by atoms with van der Waals surface area (Å²) < 4.78 is 5.25. The van der Waals surface area contributed by atoms with E-state index in [9.17, 15) is 4.79 Å². The van der Waals surface area contributed by atoms with Gasteiger partial charge in [0.05, 0.1) is 5.41 Å². The van der Waals surface area contributed by atoms with Gasteiger partial charge in [0, 0.05) is 12.4 Å². The summed E-state index contributed by atoms with van der Waals surface area (Å²) in [6, 6.07) is 3.40. The van der Waals surface area contributed by atoms with Crippen LogP contribution in [0.4, 0.5) is 0 Å². The molecular formula is C11H13NO2. The number of ether oxygens (including phenoxy) is 1. The summed E-state index contributed by atoms with van der Waals surface area (Å²) in [6.07, 6.45) is 6.04. The van der Waals surface area contributed by atoms with E-state index in [2.05, 4.69) is 4.98 Å². The highest BCUT2D eigenvalue weighted by Gasteiger charge is 2.49. The fourth-order valence-electron chi connectivity index (χ4n) is 1.47. The van der Waals surface area contributed by atoms with Crippen molar-refractivity contribution in [1.82, 2.24) is 4.98 Å². The van der Waals surface area contributed by atoms with Crippen LogP contribution in [0.15, 0.2) is 24.5 Å². The zero-order valence-corrected chi connectivity index (χ0v) is 8.19. The second-order valence-electron chi connectivity index (χ2n) is 3.71. The maximum absolute atomic E-state index is 11.7. The zero-order valence-electron chi connectivity index (χ0n) is 8.19. The van der Waals surface area contributed by atoms with Gasteiger partial charge in [0.15, 0.2) is 0 Å². The Labute approximate surface area is 83.1 Å². The molecular weight excluding hydrogens is 178 g/mol. The van der Waals surface area contributed by atoms with Crippen molar-refractivity contribution in [1.29, 1.82) is 0 Å². The molecule has 0 N–H and O–H groups in total. The van der Waals surface area contributed by atoms with Crippen LogP contribution in [-0.4, -0.2) is 11.0 Å². The van der Waals surface area contributed by atoms with Gasteiger partial charge in [-0.05, 0) is 31.4 Å². The fraction of sp³-hybridized carbons (Fsp3) is 0.455. The summed E-state index contributed by atoms with van der Waals surface area (Å²) in [5, 5.41) is 0. The highest BCUT2D eigenvalue weighted by Crippen LogP contribution is 2.49. The molecule has 0 saturated heterocycles. The molecule has 0 atom stereocenters. The normalized spacial score (nSPS) is 17.5. The van der Waals surface area contributed by atoms with Crippen molar-refractivity contribution in [2.45, 2.75) is 26.2 Å². The van der Waals surface area contributed by atoms with Gasteiger partial charge in [0.2, 0.25) is 0 Å². The first-order chi connectivity index (χ1) is 6.77. The van der Waals surface area contributed by atoms with Crippen molar-refractivity contribution in [3.05, 3.63) is 24.5 Å². The van der Waals surface area contributed by atoms with Crippen molar-refractivity contribution in [2.75, 3.05) is 0 Å². The Morgan fingerprint density at radius 1 is 1.50 bits per heavy atom. The summed E-state index contributed by atoms with van der Waals surface area (Å²) in [5.41, 5.74) is -0.177. The summed E-state index contributed by atoms with van der Waals surface area (Å²) in [7, 11) is 0. The lowest BCUT2D eigenvalue weighted by Crippen LogP contribution is -2.21. The number of nitrogens with zero attached hydrogens (tertiary/aromatic N) is 1. The predicted molar refractivity (Wildman–Crippen MR) is 51.8 cm³/mol. The first-order valence-electron chi connectivity index (χ1n) is 4.89. The molecule has 1 fully saturated rings. The monoisotopic (exact) mass is 191 g/mol. The molecule has 3 heteroatoms. The molecule has 1 aliphatic carbocycles. The third-order valence-corrected chi connectivity index (χ3v) is 2.82. The number of carbonyl (C=O) groups excluding carboxylic acids is 1. The van der Waals surface area contributed by atoms with Crippen LogP contribution in [-0.2, 0) is 4.79 Å². The molecule has 1 saturated carbocycles. The lowest BCUT2D eigenvalue weighted by atomic mass is 10.1. The number of rotatable bonds is 3. The van der Waals surface area contributed by atoms with Crippen molar-refractivity contribution in [3.63, 3.8) is 0 Å². The molecule has 1 aliphatic rings. The molecule has 0 radical (unpaired) electrons. The first-order valence-corrected chi connectivity index (χ1v) is 4.89. The second-order valence-corrected chi connectivity index (χ2v) is 3.71. The Hall–Kier alpha value is -1.38. The molecule has 1 aromatic rings. The van der Waals surface area contributed by atoms with Crippen LogP contribution >= 0.6 is 0 Å². The summed E-state index contributed by atoms with van der Waals surface area (Å²) in [6.45, 7) is 2.03. The largest absolute Gasteiger partial charge is 0.426 e. The van der Waals surface area contributed by atoms with Crippen molar-refractivity contribution >= 4 is 5.97 Å². The van der Waals surface area contributed by atoms with Gasteiger partial charge < -0.3 is 4.74 Å². The smallest absolute Gasteiger partial charge is 0.317 e. The van der Waals surface area contributed by atoms with Gasteiger partial charge in [-0.25, -0.2) is 0 Å². The van der Waals surface area contributed by atoms with Gasteiger partial charge in [-0.2, -0.15) is 0 Å². The number of carbonyl (C=O) groups is 1. The van der Waals surface area contributed by atoms with E-state index in [-0.39, 0.29) is 11.4 Å². The van der Waals surface area contributed by atoms with Gasteiger partial charge in [-0.15, -0.1) is 0 Å². The third kappa shape index (κ3) is 1.62. The van der Waals surface area contributed by atoms with Crippen molar-refractivity contribution in [2.24, 2.45) is 5.41 Å². The number of hydrogen-bond donors (Lipinski definition) is 0. The Bertz CT molecular complexity index is 330. The quantitative estimate of drug-likeness (QED) is 0.687.